The van der Waals surface area contributed by atoms with Gasteiger partial charge in [0.1, 0.15) is 5.82 Å². The fraction of sp³-hybridized carbons (Fsp3) is 0.200. The maximum Gasteiger partial charge on any atom is 0.248 e. The predicted molar refractivity (Wildman–Crippen MR) is 114 cm³/mol. The first kappa shape index (κ1) is 18.1. The molecule has 1 aliphatic heterocycles. The van der Waals surface area contributed by atoms with E-state index in [2.05, 4.69) is 31.8 Å². The zero-order valence-electron chi connectivity index (χ0n) is 14.5. The predicted octanol–water partition coefficient (Wildman–Crippen LogP) is 4.08. The van der Waals surface area contributed by atoms with Crippen LogP contribution in [0.2, 0.25) is 5.02 Å². The Balaban J connectivity index is 1.49. The lowest BCUT2D eigenvalue weighted by Crippen LogP contribution is -2.46. The molecule has 1 amide bonds. The number of nitrogens with two attached hydrogens (primary N) is 1. The van der Waals surface area contributed by atoms with E-state index in [4.69, 9.17) is 22.3 Å². The number of piperazine rings is 1. The van der Waals surface area contributed by atoms with Gasteiger partial charge in [0, 0.05) is 47.3 Å². The van der Waals surface area contributed by atoms with Crippen LogP contribution in [0.4, 0.5) is 11.5 Å². The van der Waals surface area contributed by atoms with E-state index in [-0.39, 0.29) is 0 Å². The normalized spacial score (nSPS) is 14.6. The van der Waals surface area contributed by atoms with Crippen molar-refractivity contribution in [3.8, 4) is 0 Å². The van der Waals surface area contributed by atoms with Gasteiger partial charge >= 0.3 is 0 Å². The SMILES string of the molecule is NC(=O)c1ccc(N2CCN(c3ccc4cc(Br)cc(Cl)c4n3)CC2)cc1. The van der Waals surface area contributed by atoms with Gasteiger partial charge in [0.05, 0.1) is 10.5 Å². The van der Waals surface area contributed by atoms with Crippen molar-refractivity contribution in [2.24, 2.45) is 5.73 Å². The lowest BCUT2D eigenvalue weighted by atomic mass is 10.1. The monoisotopic (exact) mass is 444 g/mol. The molecule has 0 aliphatic carbocycles. The minimum atomic E-state index is -0.403. The molecule has 2 N–H and O–H groups in total. The van der Waals surface area contributed by atoms with Crippen LogP contribution in [-0.4, -0.2) is 37.1 Å². The van der Waals surface area contributed by atoms with Gasteiger partial charge in [0.2, 0.25) is 5.91 Å². The van der Waals surface area contributed by atoms with Crippen molar-refractivity contribution in [3.05, 3.63) is 63.6 Å². The zero-order chi connectivity index (χ0) is 19.0. The maximum atomic E-state index is 11.2. The number of rotatable bonds is 3. The third-order valence-corrected chi connectivity index (χ3v) is 5.56. The topological polar surface area (TPSA) is 62.5 Å². The van der Waals surface area contributed by atoms with Crippen molar-refractivity contribution < 1.29 is 4.79 Å². The number of amides is 1. The van der Waals surface area contributed by atoms with Gasteiger partial charge in [-0.1, -0.05) is 27.5 Å². The second kappa shape index (κ2) is 7.37. The van der Waals surface area contributed by atoms with E-state index in [0.717, 1.165) is 53.1 Å². The van der Waals surface area contributed by atoms with Crippen LogP contribution in [0.3, 0.4) is 0 Å². The Morgan fingerprint density at radius 2 is 1.67 bits per heavy atom. The molecule has 138 valence electrons. The molecule has 2 aromatic carbocycles. The molecule has 0 spiro atoms. The Bertz CT molecular complexity index is 1000. The summed E-state index contributed by atoms with van der Waals surface area (Å²) in [5.41, 5.74) is 7.75. The minimum absolute atomic E-state index is 0.403. The molecular formula is C20H18BrClN4O. The highest BCUT2D eigenvalue weighted by Crippen LogP contribution is 2.29. The Morgan fingerprint density at radius 1 is 1.00 bits per heavy atom. The number of primary amides is 1. The van der Waals surface area contributed by atoms with E-state index in [9.17, 15) is 4.79 Å². The van der Waals surface area contributed by atoms with Crippen LogP contribution in [0.15, 0.2) is 53.0 Å². The van der Waals surface area contributed by atoms with E-state index in [1.165, 1.54) is 0 Å². The Morgan fingerprint density at radius 3 is 2.33 bits per heavy atom. The van der Waals surface area contributed by atoms with Crippen LogP contribution in [0, 0.1) is 0 Å². The van der Waals surface area contributed by atoms with Crippen LogP contribution in [0.5, 0.6) is 0 Å². The van der Waals surface area contributed by atoms with Gasteiger partial charge in [0.15, 0.2) is 0 Å². The van der Waals surface area contributed by atoms with Crippen LogP contribution in [-0.2, 0) is 0 Å². The van der Waals surface area contributed by atoms with Crippen LogP contribution in [0.1, 0.15) is 10.4 Å². The van der Waals surface area contributed by atoms with Gasteiger partial charge < -0.3 is 15.5 Å². The van der Waals surface area contributed by atoms with Crippen LogP contribution >= 0.6 is 27.5 Å². The summed E-state index contributed by atoms with van der Waals surface area (Å²) < 4.78 is 0.950. The van der Waals surface area contributed by atoms with Gasteiger partial charge in [-0.25, -0.2) is 4.98 Å². The van der Waals surface area contributed by atoms with Crippen LogP contribution < -0.4 is 15.5 Å². The van der Waals surface area contributed by atoms with Crippen LogP contribution in [0.25, 0.3) is 10.9 Å². The van der Waals surface area contributed by atoms with E-state index in [0.29, 0.717) is 10.6 Å². The first-order valence-electron chi connectivity index (χ1n) is 8.67. The molecule has 1 saturated heterocycles. The van der Waals surface area contributed by atoms with Crippen molar-refractivity contribution in [2.45, 2.75) is 0 Å². The number of hydrogen-bond acceptors (Lipinski definition) is 4. The fourth-order valence-corrected chi connectivity index (χ4v) is 4.23. The molecule has 5 nitrogen and oxygen atoms in total. The molecule has 0 radical (unpaired) electrons. The highest BCUT2D eigenvalue weighted by Gasteiger charge is 2.19. The second-order valence-corrected chi connectivity index (χ2v) is 7.84. The smallest absolute Gasteiger partial charge is 0.248 e. The Hall–Kier alpha value is -2.31. The highest BCUT2D eigenvalue weighted by molar-refractivity contribution is 9.10. The van der Waals surface area contributed by atoms with E-state index in [1.54, 1.807) is 12.1 Å². The maximum absolute atomic E-state index is 11.2. The summed E-state index contributed by atoms with van der Waals surface area (Å²) >= 11 is 9.82. The highest BCUT2D eigenvalue weighted by atomic mass is 79.9. The summed E-state index contributed by atoms with van der Waals surface area (Å²) in [5.74, 6) is 0.537. The number of fused-ring (bicyclic) bond motifs is 1. The summed E-state index contributed by atoms with van der Waals surface area (Å²) in [5, 5.41) is 1.67. The lowest BCUT2D eigenvalue weighted by molar-refractivity contribution is 0.100. The molecule has 3 aromatic rings. The van der Waals surface area contributed by atoms with E-state index < -0.39 is 5.91 Å². The van der Waals surface area contributed by atoms with Crippen molar-refractivity contribution in [2.75, 3.05) is 36.0 Å². The third kappa shape index (κ3) is 3.73. The number of halogens is 2. The van der Waals surface area contributed by atoms with E-state index in [1.807, 2.05) is 30.3 Å². The number of pyridine rings is 1. The molecule has 0 atom stereocenters. The van der Waals surface area contributed by atoms with E-state index >= 15 is 0 Å². The average molecular weight is 446 g/mol. The summed E-state index contributed by atoms with van der Waals surface area (Å²) in [7, 11) is 0. The number of benzene rings is 2. The largest absolute Gasteiger partial charge is 0.368 e. The number of anilines is 2. The van der Waals surface area contributed by atoms with Crippen molar-refractivity contribution >= 4 is 55.8 Å². The number of carbonyl (C=O) groups excluding carboxylic acids is 1. The number of carbonyl (C=O) groups is 1. The first-order chi connectivity index (χ1) is 13.0. The van der Waals surface area contributed by atoms with Crippen molar-refractivity contribution in [3.63, 3.8) is 0 Å². The molecule has 7 heteroatoms. The van der Waals surface area contributed by atoms with Gasteiger partial charge in [0.25, 0.3) is 0 Å². The Kier molecular flexibility index (Phi) is 4.93. The number of hydrogen-bond donors (Lipinski definition) is 1. The summed E-state index contributed by atoms with van der Waals surface area (Å²) in [6.07, 6.45) is 0. The summed E-state index contributed by atoms with van der Waals surface area (Å²) in [4.78, 5) is 20.5. The molecule has 2 heterocycles. The van der Waals surface area contributed by atoms with Crippen molar-refractivity contribution in [1.82, 2.24) is 4.98 Å². The Labute approximate surface area is 170 Å². The molecule has 0 unspecified atom stereocenters. The molecule has 4 rings (SSSR count). The second-order valence-electron chi connectivity index (χ2n) is 6.51. The van der Waals surface area contributed by atoms with Gasteiger partial charge in [-0.3, -0.25) is 4.79 Å². The lowest BCUT2D eigenvalue weighted by Gasteiger charge is -2.36. The zero-order valence-corrected chi connectivity index (χ0v) is 16.9. The standard InChI is InChI=1S/C20H18BrClN4O/c21-15-11-14-3-6-18(24-19(14)17(22)12-15)26-9-7-25(8-10-26)16-4-1-13(2-5-16)20(23)27/h1-6,11-12H,7-10H2,(H2,23,27). The van der Waals surface area contributed by atoms with Gasteiger partial charge in [-0.15, -0.1) is 0 Å². The fourth-order valence-electron chi connectivity index (χ4n) is 3.35. The number of nitrogens with zero attached hydrogens (tertiary/aromatic N) is 3. The molecule has 1 aromatic heterocycles. The number of aromatic nitrogens is 1. The first-order valence-corrected chi connectivity index (χ1v) is 9.84. The molecule has 1 fully saturated rings. The molecule has 0 bridgehead atoms. The minimum Gasteiger partial charge on any atom is -0.368 e. The summed E-state index contributed by atoms with van der Waals surface area (Å²) in [6, 6.07) is 15.4. The van der Waals surface area contributed by atoms with Crippen molar-refractivity contribution in [1.29, 1.82) is 0 Å². The molecule has 27 heavy (non-hydrogen) atoms. The average Bonchev–Trinajstić information content (AvgIpc) is 2.68. The summed E-state index contributed by atoms with van der Waals surface area (Å²) in [6.45, 7) is 3.49. The third-order valence-electron chi connectivity index (χ3n) is 4.82. The van der Waals surface area contributed by atoms with Gasteiger partial charge in [-0.2, -0.15) is 0 Å². The van der Waals surface area contributed by atoms with Gasteiger partial charge in [-0.05, 0) is 48.5 Å². The quantitative estimate of drug-likeness (QED) is 0.660. The molecule has 1 aliphatic rings. The molecular weight excluding hydrogens is 428 g/mol. The molecule has 0 saturated carbocycles.